The molecule has 0 radical (unpaired) electrons. The zero-order chi connectivity index (χ0) is 17.1. The van der Waals surface area contributed by atoms with E-state index >= 15 is 0 Å². The van der Waals surface area contributed by atoms with Gasteiger partial charge in [-0.2, -0.15) is 0 Å². The van der Waals surface area contributed by atoms with Crippen LogP contribution in [0.15, 0.2) is 53.4 Å². The van der Waals surface area contributed by atoms with E-state index in [4.69, 9.17) is 0 Å². The van der Waals surface area contributed by atoms with Gasteiger partial charge in [0.05, 0.1) is 5.69 Å². The van der Waals surface area contributed by atoms with Crippen LogP contribution in [0.25, 0.3) is 0 Å². The van der Waals surface area contributed by atoms with Gasteiger partial charge in [-0.25, -0.2) is 0 Å². The summed E-state index contributed by atoms with van der Waals surface area (Å²) >= 11 is 1.63. The van der Waals surface area contributed by atoms with Crippen molar-refractivity contribution < 1.29 is 14.4 Å². The fourth-order valence-corrected chi connectivity index (χ4v) is 2.91. The van der Waals surface area contributed by atoms with E-state index < -0.39 is 0 Å². The van der Waals surface area contributed by atoms with Crippen molar-refractivity contribution in [3.8, 4) is 0 Å². The molecule has 122 valence electrons. The van der Waals surface area contributed by atoms with E-state index in [1.165, 1.54) is 4.90 Å². The minimum absolute atomic E-state index is 0.203. The highest BCUT2D eigenvalue weighted by Gasteiger charge is 2.30. The van der Waals surface area contributed by atoms with Gasteiger partial charge in [0.1, 0.15) is 0 Å². The van der Waals surface area contributed by atoms with E-state index in [0.717, 1.165) is 4.90 Å². The molecule has 1 N–H and O–H groups in total. The van der Waals surface area contributed by atoms with Crippen LogP contribution in [-0.2, 0) is 9.59 Å². The summed E-state index contributed by atoms with van der Waals surface area (Å²) < 4.78 is 0. The summed E-state index contributed by atoms with van der Waals surface area (Å²) in [6.07, 6.45) is 2.48. The number of nitrogens with zero attached hydrogens (tertiary/aromatic N) is 1. The first-order valence-corrected chi connectivity index (χ1v) is 8.72. The van der Waals surface area contributed by atoms with Gasteiger partial charge in [-0.15, -0.1) is 11.8 Å². The smallest absolute Gasteiger partial charge is 0.255 e. The largest absolute Gasteiger partial charge is 0.322 e. The number of nitrogens with one attached hydrogen (secondary N) is 1. The first kappa shape index (κ1) is 16.3. The lowest BCUT2D eigenvalue weighted by molar-refractivity contribution is -0.121. The van der Waals surface area contributed by atoms with Crippen molar-refractivity contribution in [2.45, 2.75) is 17.7 Å². The lowest BCUT2D eigenvalue weighted by atomic mass is 10.1. The summed E-state index contributed by atoms with van der Waals surface area (Å²) in [5.41, 5.74) is 1.68. The van der Waals surface area contributed by atoms with E-state index in [1.807, 2.05) is 30.5 Å². The standard InChI is InChI=1S/C18H16N2O3S/c1-24-15-8-4-13(5-9-15)19-18(23)12-2-6-14(7-3-12)20-16(21)10-11-17(20)22/h2-9H,10-11H2,1H3,(H,19,23). The molecular weight excluding hydrogens is 324 g/mol. The van der Waals surface area contributed by atoms with Crippen molar-refractivity contribution in [2.24, 2.45) is 0 Å². The second-order valence-electron chi connectivity index (χ2n) is 5.35. The average molecular weight is 340 g/mol. The molecule has 1 fully saturated rings. The fourth-order valence-electron chi connectivity index (χ4n) is 2.50. The van der Waals surface area contributed by atoms with Crippen LogP contribution in [0, 0.1) is 0 Å². The number of carbonyl (C=O) groups excluding carboxylic acids is 3. The second kappa shape index (κ2) is 6.88. The summed E-state index contributed by atoms with van der Waals surface area (Å²) in [6, 6.07) is 14.0. The second-order valence-corrected chi connectivity index (χ2v) is 6.23. The molecule has 0 unspecified atom stereocenters. The normalized spacial score (nSPS) is 14.1. The molecule has 6 heteroatoms. The number of amides is 3. The molecule has 0 aliphatic carbocycles. The SMILES string of the molecule is CSc1ccc(NC(=O)c2ccc(N3C(=O)CCC3=O)cc2)cc1. The maximum atomic E-state index is 12.3. The first-order chi connectivity index (χ1) is 11.6. The van der Waals surface area contributed by atoms with Gasteiger partial charge in [-0.3, -0.25) is 19.3 Å². The molecule has 0 spiro atoms. The maximum Gasteiger partial charge on any atom is 0.255 e. The molecule has 0 atom stereocenters. The van der Waals surface area contributed by atoms with Crippen LogP contribution < -0.4 is 10.2 Å². The Kier molecular flexibility index (Phi) is 4.66. The number of benzene rings is 2. The molecule has 1 aliphatic rings. The van der Waals surface area contributed by atoms with E-state index in [-0.39, 0.29) is 30.6 Å². The number of thioether (sulfide) groups is 1. The van der Waals surface area contributed by atoms with Crippen LogP contribution in [0.3, 0.4) is 0 Å². The van der Waals surface area contributed by atoms with Crippen molar-refractivity contribution in [2.75, 3.05) is 16.5 Å². The number of hydrogen-bond acceptors (Lipinski definition) is 4. The third kappa shape index (κ3) is 3.33. The highest BCUT2D eigenvalue weighted by molar-refractivity contribution is 7.98. The van der Waals surface area contributed by atoms with Crippen molar-refractivity contribution in [1.29, 1.82) is 0 Å². The molecule has 2 aromatic rings. The molecule has 1 saturated heterocycles. The minimum atomic E-state index is -0.238. The Morgan fingerprint density at radius 1 is 0.958 bits per heavy atom. The van der Waals surface area contributed by atoms with Crippen LogP contribution in [0.4, 0.5) is 11.4 Å². The van der Waals surface area contributed by atoms with Crippen LogP contribution in [0.5, 0.6) is 0 Å². The van der Waals surface area contributed by atoms with Gasteiger partial charge < -0.3 is 5.32 Å². The predicted octanol–water partition coefficient (Wildman–Crippen LogP) is 3.31. The molecule has 0 bridgehead atoms. The highest BCUT2D eigenvalue weighted by atomic mass is 32.2. The van der Waals surface area contributed by atoms with Crippen molar-refractivity contribution in [1.82, 2.24) is 0 Å². The van der Waals surface area contributed by atoms with Gasteiger partial charge in [-0.05, 0) is 54.8 Å². The first-order valence-electron chi connectivity index (χ1n) is 7.50. The maximum absolute atomic E-state index is 12.3. The average Bonchev–Trinajstić information content (AvgIpc) is 2.94. The lowest BCUT2D eigenvalue weighted by Gasteiger charge is -2.14. The summed E-state index contributed by atoms with van der Waals surface area (Å²) in [5, 5.41) is 2.82. The van der Waals surface area contributed by atoms with Crippen molar-refractivity contribution in [3.05, 3.63) is 54.1 Å². The molecule has 0 saturated carbocycles. The molecule has 2 aromatic carbocycles. The molecule has 1 aliphatic heterocycles. The summed E-state index contributed by atoms with van der Waals surface area (Å²) in [4.78, 5) is 38.0. The highest BCUT2D eigenvalue weighted by Crippen LogP contribution is 2.23. The Bertz CT molecular complexity index is 769. The minimum Gasteiger partial charge on any atom is -0.322 e. The summed E-state index contributed by atoms with van der Waals surface area (Å²) in [7, 11) is 0. The third-order valence-corrected chi connectivity index (χ3v) is 4.53. The van der Waals surface area contributed by atoms with Gasteiger partial charge in [0.15, 0.2) is 0 Å². The number of imide groups is 1. The number of rotatable bonds is 4. The number of anilines is 2. The monoisotopic (exact) mass is 340 g/mol. The van der Waals surface area contributed by atoms with Gasteiger partial charge >= 0.3 is 0 Å². The molecule has 0 aromatic heterocycles. The number of hydrogen-bond donors (Lipinski definition) is 1. The molecule has 5 nitrogen and oxygen atoms in total. The van der Waals surface area contributed by atoms with E-state index in [0.29, 0.717) is 16.9 Å². The van der Waals surface area contributed by atoms with Gasteiger partial charge in [0.2, 0.25) is 11.8 Å². The van der Waals surface area contributed by atoms with Crippen molar-refractivity contribution >= 4 is 40.9 Å². The lowest BCUT2D eigenvalue weighted by Crippen LogP contribution is -2.28. The van der Waals surface area contributed by atoms with E-state index in [9.17, 15) is 14.4 Å². The number of carbonyl (C=O) groups is 3. The van der Waals surface area contributed by atoms with Crippen LogP contribution in [-0.4, -0.2) is 24.0 Å². The zero-order valence-electron chi connectivity index (χ0n) is 13.1. The van der Waals surface area contributed by atoms with Gasteiger partial charge in [0.25, 0.3) is 5.91 Å². The van der Waals surface area contributed by atoms with E-state index in [2.05, 4.69) is 5.32 Å². The van der Waals surface area contributed by atoms with Crippen LogP contribution >= 0.6 is 11.8 Å². The molecule has 3 amide bonds. The fraction of sp³-hybridized carbons (Fsp3) is 0.167. The Labute approximate surface area is 144 Å². The predicted molar refractivity (Wildman–Crippen MR) is 94.3 cm³/mol. The Morgan fingerprint density at radius 3 is 2.08 bits per heavy atom. The molecular formula is C18H16N2O3S. The summed E-state index contributed by atoms with van der Waals surface area (Å²) in [5.74, 6) is -0.644. The van der Waals surface area contributed by atoms with Crippen LogP contribution in [0.2, 0.25) is 0 Å². The van der Waals surface area contributed by atoms with Crippen LogP contribution in [0.1, 0.15) is 23.2 Å². The zero-order valence-corrected chi connectivity index (χ0v) is 13.9. The topological polar surface area (TPSA) is 66.5 Å². The van der Waals surface area contributed by atoms with E-state index in [1.54, 1.807) is 36.0 Å². The van der Waals surface area contributed by atoms with Gasteiger partial charge in [-0.1, -0.05) is 0 Å². The van der Waals surface area contributed by atoms with Gasteiger partial charge in [0, 0.05) is 29.0 Å². The quantitative estimate of drug-likeness (QED) is 0.685. The van der Waals surface area contributed by atoms with Crippen molar-refractivity contribution in [3.63, 3.8) is 0 Å². The molecule has 3 rings (SSSR count). The Hall–Kier alpha value is -2.60. The molecule has 24 heavy (non-hydrogen) atoms. The third-order valence-electron chi connectivity index (χ3n) is 3.79. The molecule has 1 heterocycles. The Morgan fingerprint density at radius 2 is 1.54 bits per heavy atom. The Balaban J connectivity index is 1.71. The summed E-state index contributed by atoms with van der Waals surface area (Å²) in [6.45, 7) is 0.